The lowest BCUT2D eigenvalue weighted by molar-refractivity contribution is -0.141. The number of alkyl carbamates (subject to hydrolysis) is 1. The second-order valence-electron chi connectivity index (χ2n) is 9.35. The highest BCUT2D eigenvalue weighted by atomic mass is 16.6. The van der Waals surface area contributed by atoms with Crippen LogP contribution < -0.4 is 16.4 Å². The lowest BCUT2D eigenvalue weighted by Crippen LogP contribution is -2.51. The molecule has 10 heteroatoms. The molecule has 0 spiro atoms. The van der Waals surface area contributed by atoms with Crippen LogP contribution in [-0.4, -0.2) is 52.5 Å². The Bertz CT molecular complexity index is 1050. The van der Waals surface area contributed by atoms with Crippen molar-refractivity contribution in [2.45, 2.75) is 57.8 Å². The van der Waals surface area contributed by atoms with Crippen molar-refractivity contribution < 1.29 is 29.0 Å². The quantitative estimate of drug-likeness (QED) is 0.395. The van der Waals surface area contributed by atoms with Crippen LogP contribution in [0.5, 0.6) is 5.75 Å². The molecule has 4 amide bonds. The zero-order valence-electron chi connectivity index (χ0n) is 21.0. The Morgan fingerprint density at radius 3 is 2.19 bits per heavy atom. The molecule has 0 bridgehead atoms. The molecule has 2 aromatic rings. The summed E-state index contributed by atoms with van der Waals surface area (Å²) >= 11 is 0. The third kappa shape index (κ3) is 8.94. The van der Waals surface area contributed by atoms with E-state index in [-0.39, 0.29) is 25.1 Å². The first kappa shape index (κ1) is 28.2. The number of carbonyl (C=O) groups excluding carboxylic acids is 4. The van der Waals surface area contributed by atoms with Crippen LogP contribution in [0.4, 0.5) is 4.79 Å². The van der Waals surface area contributed by atoms with E-state index in [0.717, 1.165) is 5.56 Å². The Balaban J connectivity index is 2.30. The zero-order chi connectivity index (χ0) is 26.9. The Hall–Kier alpha value is -4.08. The Labute approximate surface area is 210 Å². The largest absolute Gasteiger partial charge is 0.508 e. The summed E-state index contributed by atoms with van der Waals surface area (Å²) in [6.45, 7) is 5.27. The second-order valence-corrected chi connectivity index (χ2v) is 9.35. The van der Waals surface area contributed by atoms with E-state index in [1.54, 1.807) is 20.8 Å². The number of amides is 4. The minimum Gasteiger partial charge on any atom is -0.508 e. The Morgan fingerprint density at radius 1 is 1.03 bits per heavy atom. The molecule has 0 saturated carbocycles. The van der Waals surface area contributed by atoms with Crippen molar-refractivity contribution in [3.05, 3.63) is 65.7 Å². The minimum absolute atomic E-state index is 0.00194. The van der Waals surface area contributed by atoms with Gasteiger partial charge in [0.25, 0.3) is 0 Å². The van der Waals surface area contributed by atoms with Crippen LogP contribution in [0.15, 0.2) is 54.6 Å². The Kier molecular flexibility index (Phi) is 9.83. The lowest BCUT2D eigenvalue weighted by atomic mass is 10.0. The number of phenolic OH excluding ortho intramolecular Hbond substituents is 1. The summed E-state index contributed by atoms with van der Waals surface area (Å²) in [5.74, 6) is -1.72. The van der Waals surface area contributed by atoms with Crippen molar-refractivity contribution in [2.24, 2.45) is 5.73 Å². The molecule has 0 aliphatic heterocycles. The predicted molar refractivity (Wildman–Crippen MR) is 133 cm³/mol. The van der Waals surface area contributed by atoms with Gasteiger partial charge in [-0.1, -0.05) is 42.5 Å². The smallest absolute Gasteiger partial charge is 0.408 e. The molecule has 0 aliphatic carbocycles. The SMILES string of the molecule is CN(C(=O)C(CCC(N)=O)NC(=O)OC(C)(C)C)C(C(=O)NCc1ccccc1)c1ccc(O)cc1. The number of phenols is 1. The first-order valence-corrected chi connectivity index (χ1v) is 11.5. The average molecular weight is 499 g/mol. The van der Waals surface area contributed by atoms with Crippen LogP contribution in [0.2, 0.25) is 0 Å². The summed E-state index contributed by atoms with van der Waals surface area (Å²) in [6, 6.07) is 12.9. The maximum absolute atomic E-state index is 13.5. The molecular formula is C26H34N4O6. The van der Waals surface area contributed by atoms with Gasteiger partial charge in [-0.25, -0.2) is 4.79 Å². The van der Waals surface area contributed by atoms with Crippen LogP contribution in [0, 0.1) is 0 Å². The average Bonchev–Trinajstić information content (AvgIpc) is 2.80. The normalized spacial score (nSPS) is 12.7. The highest BCUT2D eigenvalue weighted by Crippen LogP contribution is 2.24. The molecule has 0 aliphatic rings. The molecule has 0 aromatic heterocycles. The molecular weight excluding hydrogens is 464 g/mol. The molecule has 2 unspecified atom stereocenters. The Morgan fingerprint density at radius 2 is 1.64 bits per heavy atom. The number of hydrogen-bond acceptors (Lipinski definition) is 6. The van der Waals surface area contributed by atoms with E-state index < -0.39 is 41.5 Å². The molecule has 2 aromatic carbocycles. The minimum atomic E-state index is -1.17. The summed E-state index contributed by atoms with van der Waals surface area (Å²) < 4.78 is 5.25. The van der Waals surface area contributed by atoms with E-state index in [9.17, 15) is 24.3 Å². The van der Waals surface area contributed by atoms with Crippen LogP contribution in [0.25, 0.3) is 0 Å². The summed E-state index contributed by atoms with van der Waals surface area (Å²) in [5.41, 5.74) is 5.77. The number of benzene rings is 2. The van der Waals surface area contributed by atoms with Gasteiger partial charge >= 0.3 is 6.09 Å². The van der Waals surface area contributed by atoms with Crippen molar-refractivity contribution in [3.8, 4) is 5.75 Å². The van der Waals surface area contributed by atoms with Gasteiger partial charge in [-0.3, -0.25) is 14.4 Å². The molecule has 2 atom stereocenters. The third-order valence-electron chi connectivity index (χ3n) is 5.17. The summed E-state index contributed by atoms with van der Waals surface area (Å²) in [7, 11) is 1.43. The molecule has 194 valence electrons. The standard InChI is InChI=1S/C26H34N4O6/c1-26(2,3)36-25(35)29-20(14-15-21(27)32)24(34)30(4)22(18-10-12-19(31)13-11-18)23(33)28-16-17-8-6-5-7-9-17/h5-13,20,22,31H,14-16H2,1-4H3,(H2,27,32)(H,28,33)(H,29,35). The summed E-state index contributed by atoms with van der Waals surface area (Å²) in [6.07, 6.45) is -1.08. The highest BCUT2D eigenvalue weighted by molar-refractivity contribution is 5.92. The number of carbonyl (C=O) groups is 4. The van der Waals surface area contributed by atoms with E-state index in [4.69, 9.17) is 10.5 Å². The van der Waals surface area contributed by atoms with Gasteiger partial charge in [-0.15, -0.1) is 0 Å². The van der Waals surface area contributed by atoms with Gasteiger partial charge < -0.3 is 31.1 Å². The van der Waals surface area contributed by atoms with E-state index >= 15 is 0 Å². The van der Waals surface area contributed by atoms with Gasteiger partial charge in [0.1, 0.15) is 23.4 Å². The lowest BCUT2D eigenvalue weighted by Gasteiger charge is -2.31. The van der Waals surface area contributed by atoms with E-state index in [0.29, 0.717) is 5.56 Å². The van der Waals surface area contributed by atoms with E-state index in [1.165, 1.54) is 36.2 Å². The second kappa shape index (κ2) is 12.6. The fraction of sp³-hybridized carbons (Fsp3) is 0.385. The molecule has 0 saturated heterocycles. The molecule has 10 nitrogen and oxygen atoms in total. The van der Waals surface area contributed by atoms with Gasteiger partial charge in [0.05, 0.1) is 0 Å². The van der Waals surface area contributed by atoms with Gasteiger partial charge in [-0.05, 0) is 50.5 Å². The molecule has 0 radical (unpaired) electrons. The van der Waals surface area contributed by atoms with Crippen molar-refractivity contribution in [3.63, 3.8) is 0 Å². The monoisotopic (exact) mass is 498 g/mol. The van der Waals surface area contributed by atoms with Crippen molar-refractivity contribution in [2.75, 3.05) is 7.05 Å². The fourth-order valence-corrected chi connectivity index (χ4v) is 3.46. The number of likely N-dealkylation sites (N-methyl/N-ethyl adjacent to an activating group) is 1. The fourth-order valence-electron chi connectivity index (χ4n) is 3.46. The van der Waals surface area contributed by atoms with Gasteiger partial charge in [0.15, 0.2) is 0 Å². The first-order valence-electron chi connectivity index (χ1n) is 11.5. The molecule has 36 heavy (non-hydrogen) atoms. The number of rotatable bonds is 10. The topological polar surface area (TPSA) is 151 Å². The van der Waals surface area contributed by atoms with Crippen molar-refractivity contribution >= 4 is 23.8 Å². The highest BCUT2D eigenvalue weighted by Gasteiger charge is 2.34. The first-order chi connectivity index (χ1) is 16.9. The van der Waals surface area contributed by atoms with Crippen molar-refractivity contribution in [1.29, 1.82) is 0 Å². The number of aromatic hydroxyl groups is 1. The van der Waals surface area contributed by atoms with Gasteiger partial charge in [0, 0.05) is 20.0 Å². The number of ether oxygens (including phenoxy) is 1. The molecule has 0 fully saturated rings. The molecule has 2 rings (SSSR count). The predicted octanol–water partition coefficient (Wildman–Crippen LogP) is 2.37. The summed E-state index contributed by atoms with van der Waals surface area (Å²) in [4.78, 5) is 51.8. The maximum Gasteiger partial charge on any atom is 0.408 e. The number of hydrogen-bond donors (Lipinski definition) is 4. The number of nitrogens with zero attached hydrogens (tertiary/aromatic N) is 1. The maximum atomic E-state index is 13.5. The van der Waals surface area contributed by atoms with E-state index in [2.05, 4.69) is 10.6 Å². The molecule has 5 N–H and O–H groups in total. The summed E-state index contributed by atoms with van der Waals surface area (Å²) in [5, 5.41) is 15.0. The molecule has 0 heterocycles. The van der Waals surface area contributed by atoms with Gasteiger partial charge in [-0.2, -0.15) is 0 Å². The third-order valence-corrected chi connectivity index (χ3v) is 5.17. The van der Waals surface area contributed by atoms with Gasteiger partial charge in [0.2, 0.25) is 17.7 Å². The van der Waals surface area contributed by atoms with Crippen molar-refractivity contribution in [1.82, 2.24) is 15.5 Å². The van der Waals surface area contributed by atoms with Crippen LogP contribution in [-0.2, 0) is 25.7 Å². The number of nitrogens with one attached hydrogen (secondary N) is 2. The van der Waals surface area contributed by atoms with Crippen LogP contribution in [0.3, 0.4) is 0 Å². The number of primary amides is 1. The van der Waals surface area contributed by atoms with Crippen LogP contribution in [0.1, 0.15) is 50.8 Å². The van der Waals surface area contributed by atoms with E-state index in [1.807, 2.05) is 30.3 Å². The van der Waals surface area contributed by atoms with Crippen LogP contribution >= 0.6 is 0 Å². The number of nitrogens with two attached hydrogens (primary N) is 1. The zero-order valence-corrected chi connectivity index (χ0v) is 21.0.